The Hall–Kier alpha value is -1.62. The highest BCUT2D eigenvalue weighted by molar-refractivity contribution is 8.03. The maximum atomic E-state index is 12.9. The third-order valence-electron chi connectivity index (χ3n) is 5.20. The number of allylic oxidation sites excluding steroid dienone is 1. The first-order chi connectivity index (χ1) is 13.5. The summed E-state index contributed by atoms with van der Waals surface area (Å²) in [5.41, 5.74) is 2.27. The predicted molar refractivity (Wildman–Crippen MR) is 120 cm³/mol. The van der Waals surface area contributed by atoms with Gasteiger partial charge in [-0.25, -0.2) is 8.93 Å². The molecule has 0 amide bonds. The van der Waals surface area contributed by atoms with Crippen LogP contribution < -0.4 is 4.72 Å². The Balaban J connectivity index is 2.30. The van der Waals surface area contributed by atoms with Crippen molar-refractivity contribution in [2.45, 2.75) is 63.0 Å². The number of thioether (sulfide) groups is 1. The van der Waals surface area contributed by atoms with Gasteiger partial charge in [0.2, 0.25) is 0 Å². The Morgan fingerprint density at radius 2 is 2.03 bits per heavy atom. The van der Waals surface area contributed by atoms with Crippen LogP contribution in [0.1, 0.15) is 58.6 Å². The van der Waals surface area contributed by atoms with E-state index in [1.165, 1.54) is 7.11 Å². The van der Waals surface area contributed by atoms with Crippen LogP contribution in [0.5, 0.6) is 0 Å². The van der Waals surface area contributed by atoms with E-state index in [0.29, 0.717) is 12.0 Å². The Morgan fingerprint density at radius 3 is 2.62 bits per heavy atom. The molecule has 1 aliphatic heterocycles. The predicted octanol–water partition coefficient (Wildman–Crippen LogP) is 4.41. The molecule has 4 atom stereocenters. The van der Waals surface area contributed by atoms with E-state index in [2.05, 4.69) is 23.1 Å². The van der Waals surface area contributed by atoms with Gasteiger partial charge < -0.3 is 4.74 Å². The second-order valence-corrected chi connectivity index (χ2v) is 11.6. The van der Waals surface area contributed by atoms with E-state index in [0.717, 1.165) is 11.1 Å². The maximum absolute atomic E-state index is 12.9. The largest absolute Gasteiger partial charge is 0.469 e. The molecule has 7 heteroatoms. The molecule has 0 saturated heterocycles. The van der Waals surface area contributed by atoms with Gasteiger partial charge in [0, 0.05) is 17.2 Å². The lowest BCUT2D eigenvalue weighted by Gasteiger charge is -2.40. The molecular weight excluding hydrogens is 404 g/mol. The van der Waals surface area contributed by atoms with Crippen LogP contribution in [0, 0.1) is 17.2 Å². The molecule has 1 heterocycles. The zero-order chi connectivity index (χ0) is 21.8. The third-order valence-corrected chi connectivity index (χ3v) is 8.57. The van der Waals surface area contributed by atoms with Crippen molar-refractivity contribution in [1.82, 2.24) is 4.72 Å². The number of benzene rings is 1. The minimum Gasteiger partial charge on any atom is -0.469 e. The highest BCUT2D eigenvalue weighted by Gasteiger charge is 2.44. The highest BCUT2D eigenvalue weighted by atomic mass is 32.2. The number of carbonyl (C=O) groups is 1. The molecule has 2 rings (SSSR count). The second-order valence-electron chi connectivity index (χ2n) is 8.59. The molecule has 0 fully saturated rings. The van der Waals surface area contributed by atoms with E-state index in [-0.39, 0.29) is 23.6 Å². The summed E-state index contributed by atoms with van der Waals surface area (Å²) in [5, 5.41) is 11.4. The highest BCUT2D eigenvalue weighted by Crippen LogP contribution is 2.47. The van der Waals surface area contributed by atoms with E-state index in [9.17, 15) is 14.3 Å². The number of esters is 1. The smallest absolute Gasteiger partial charge is 0.305 e. The topological polar surface area (TPSA) is 79.2 Å². The van der Waals surface area contributed by atoms with Crippen LogP contribution in [-0.4, -0.2) is 32.8 Å². The lowest BCUT2D eigenvalue weighted by molar-refractivity contribution is -0.141. The fraction of sp³-hybridized carbons (Fsp3) is 0.545. The van der Waals surface area contributed by atoms with Gasteiger partial charge >= 0.3 is 5.97 Å². The van der Waals surface area contributed by atoms with E-state index < -0.39 is 21.3 Å². The Kier molecular flexibility index (Phi) is 7.72. The summed E-state index contributed by atoms with van der Waals surface area (Å²) in [6.45, 7) is 9.97. The van der Waals surface area contributed by atoms with E-state index in [1.54, 1.807) is 17.8 Å². The van der Waals surface area contributed by atoms with Gasteiger partial charge in [-0.1, -0.05) is 19.1 Å². The van der Waals surface area contributed by atoms with Crippen molar-refractivity contribution >= 4 is 34.3 Å². The van der Waals surface area contributed by atoms with E-state index >= 15 is 0 Å². The first-order valence-corrected chi connectivity index (χ1v) is 11.7. The fourth-order valence-electron chi connectivity index (χ4n) is 3.42. The summed E-state index contributed by atoms with van der Waals surface area (Å²) in [4.78, 5) is 11.8. The lowest BCUT2D eigenvalue weighted by atomic mass is 9.81. The summed E-state index contributed by atoms with van der Waals surface area (Å²) in [5.74, 6) is -0.119. The summed E-state index contributed by atoms with van der Waals surface area (Å²) < 4.78 is 20.7. The summed E-state index contributed by atoms with van der Waals surface area (Å²) >= 11 is 1.69. The van der Waals surface area contributed by atoms with E-state index in [1.807, 2.05) is 45.9 Å². The van der Waals surface area contributed by atoms with Gasteiger partial charge in [0.25, 0.3) is 0 Å². The van der Waals surface area contributed by atoms with Crippen LogP contribution >= 0.6 is 11.8 Å². The third kappa shape index (κ3) is 5.71. The minimum absolute atomic E-state index is 0.0826. The standard InChI is InChI=1S/C22H30N2O3S2/c1-15-18(17-9-7-8-16(12-17)13-23)14-28-20(15)22(5,11-10-19(25)27-6)24-29(26)21(2,3)4/h7-9,12,14-15,20,24H,10-11H2,1-6H3/t15?,20?,22-,29?/m0/s1. The van der Waals surface area contributed by atoms with Crippen LogP contribution in [0.25, 0.3) is 5.57 Å². The normalized spacial score (nSPS) is 22.3. The van der Waals surface area contributed by atoms with Gasteiger partial charge in [0.15, 0.2) is 0 Å². The van der Waals surface area contributed by atoms with Crippen molar-refractivity contribution in [2.75, 3.05) is 7.11 Å². The van der Waals surface area contributed by atoms with Crippen molar-refractivity contribution in [1.29, 1.82) is 5.26 Å². The van der Waals surface area contributed by atoms with Crippen molar-refractivity contribution in [3.8, 4) is 6.07 Å². The molecule has 1 aromatic carbocycles. The van der Waals surface area contributed by atoms with Crippen LogP contribution in [0.4, 0.5) is 0 Å². The number of nitrogens with zero attached hydrogens (tertiary/aromatic N) is 1. The molecule has 1 aromatic rings. The van der Waals surface area contributed by atoms with Crippen LogP contribution in [0.2, 0.25) is 0 Å². The lowest BCUT2D eigenvalue weighted by Crippen LogP contribution is -2.55. The number of hydrogen-bond acceptors (Lipinski definition) is 5. The van der Waals surface area contributed by atoms with Crippen molar-refractivity contribution in [2.24, 2.45) is 5.92 Å². The summed E-state index contributed by atoms with van der Waals surface area (Å²) in [6.07, 6.45) is 0.771. The summed E-state index contributed by atoms with van der Waals surface area (Å²) in [6, 6.07) is 9.79. The number of methoxy groups -OCH3 is 1. The Labute approximate surface area is 180 Å². The molecule has 158 valence electrons. The summed E-state index contributed by atoms with van der Waals surface area (Å²) in [7, 11) is 0.107. The van der Waals surface area contributed by atoms with Crippen LogP contribution in [0.3, 0.4) is 0 Å². The van der Waals surface area contributed by atoms with Gasteiger partial charge in [0.1, 0.15) is 0 Å². The SMILES string of the molecule is COC(=O)CC[C@](C)(NS(=O)C(C)(C)C)C1SC=C(c2cccc(C#N)c2)C1C. The zero-order valence-electron chi connectivity index (χ0n) is 17.9. The van der Waals surface area contributed by atoms with Gasteiger partial charge in [-0.3, -0.25) is 4.79 Å². The monoisotopic (exact) mass is 434 g/mol. The molecule has 0 aliphatic carbocycles. The minimum atomic E-state index is -1.28. The van der Waals surface area contributed by atoms with Crippen molar-refractivity contribution < 1.29 is 13.7 Å². The quantitative estimate of drug-likeness (QED) is 0.643. The van der Waals surface area contributed by atoms with Gasteiger partial charge in [-0.05, 0) is 68.7 Å². The molecule has 5 nitrogen and oxygen atoms in total. The van der Waals surface area contributed by atoms with E-state index in [4.69, 9.17) is 4.74 Å². The van der Waals surface area contributed by atoms with Gasteiger partial charge in [-0.2, -0.15) is 5.26 Å². The molecule has 0 spiro atoms. The molecule has 0 saturated carbocycles. The molecule has 1 N–H and O–H groups in total. The molecular formula is C22H30N2O3S2. The molecule has 0 aromatic heterocycles. The average molecular weight is 435 g/mol. The zero-order valence-corrected chi connectivity index (χ0v) is 19.6. The van der Waals surface area contributed by atoms with Crippen LogP contribution in [-0.2, 0) is 20.5 Å². The Morgan fingerprint density at radius 1 is 1.34 bits per heavy atom. The number of carbonyl (C=O) groups excluding carboxylic acids is 1. The molecule has 0 bridgehead atoms. The average Bonchev–Trinajstić information content (AvgIpc) is 3.07. The number of rotatable bonds is 7. The first-order valence-electron chi connectivity index (χ1n) is 9.64. The second kappa shape index (κ2) is 9.46. The molecule has 0 radical (unpaired) electrons. The fourth-order valence-corrected chi connectivity index (χ4v) is 5.95. The molecule has 1 aliphatic rings. The Bertz CT molecular complexity index is 854. The number of nitriles is 1. The first kappa shape index (κ1) is 23.7. The van der Waals surface area contributed by atoms with Crippen LogP contribution in [0.15, 0.2) is 29.7 Å². The maximum Gasteiger partial charge on any atom is 0.305 e. The van der Waals surface area contributed by atoms with Gasteiger partial charge in [0.05, 0.1) is 34.5 Å². The number of nitrogens with one attached hydrogen (secondary N) is 1. The van der Waals surface area contributed by atoms with Crippen molar-refractivity contribution in [3.63, 3.8) is 0 Å². The number of ether oxygens (including phenoxy) is 1. The van der Waals surface area contributed by atoms with Crippen molar-refractivity contribution in [3.05, 3.63) is 40.8 Å². The molecule has 29 heavy (non-hydrogen) atoms. The number of hydrogen-bond donors (Lipinski definition) is 1. The molecule has 3 unspecified atom stereocenters. The van der Waals surface area contributed by atoms with Gasteiger partial charge in [-0.15, -0.1) is 11.8 Å².